The van der Waals surface area contributed by atoms with Gasteiger partial charge in [-0.05, 0) is 45.4 Å². The molecule has 4 atom stereocenters. The van der Waals surface area contributed by atoms with Gasteiger partial charge in [0.15, 0.2) is 6.66 Å². The van der Waals surface area contributed by atoms with E-state index < -0.39 is 7.26 Å². The van der Waals surface area contributed by atoms with Crippen LogP contribution in [0.1, 0.15) is 26.2 Å². The van der Waals surface area contributed by atoms with E-state index in [0.29, 0.717) is 11.7 Å². The summed E-state index contributed by atoms with van der Waals surface area (Å²) in [7, 11) is 0.559. The van der Waals surface area contributed by atoms with Gasteiger partial charge in [0.05, 0.1) is 24.9 Å². The molecule has 2 radical (unpaired) electrons. The van der Waals surface area contributed by atoms with Gasteiger partial charge < -0.3 is 5.32 Å². The Morgan fingerprint density at radius 3 is 2.56 bits per heavy atom. The van der Waals surface area contributed by atoms with Gasteiger partial charge in [-0.3, -0.25) is 0 Å². The Labute approximate surface area is 113 Å². The fourth-order valence-corrected chi connectivity index (χ4v) is 6.49. The predicted molar refractivity (Wildman–Crippen MR) is 82.9 cm³/mol. The molecule has 0 aromatic heterocycles. The van der Waals surface area contributed by atoms with E-state index in [1.54, 1.807) is 0 Å². The molecular weight excluding hydrogens is 237 g/mol. The molecule has 18 heavy (non-hydrogen) atoms. The third-order valence-electron chi connectivity index (χ3n) is 4.63. The molecule has 1 aliphatic carbocycles. The van der Waals surface area contributed by atoms with Gasteiger partial charge in [-0.1, -0.05) is 18.2 Å². The summed E-state index contributed by atoms with van der Waals surface area (Å²) < 4.78 is 0. The molecule has 1 saturated carbocycles. The van der Waals surface area contributed by atoms with Crippen molar-refractivity contribution in [2.45, 2.75) is 37.9 Å². The Morgan fingerprint density at radius 1 is 1.28 bits per heavy atom. The smallest absolute Gasteiger partial charge is 0.155 e. The van der Waals surface area contributed by atoms with Crippen molar-refractivity contribution in [2.24, 2.45) is 5.92 Å². The number of hydrogen-bond donors (Lipinski definition) is 1. The molecule has 2 rings (SSSR count). The van der Waals surface area contributed by atoms with Crippen LogP contribution in [0.5, 0.6) is 0 Å². The summed E-state index contributed by atoms with van der Waals surface area (Å²) in [6, 6.07) is 11.3. The van der Waals surface area contributed by atoms with Gasteiger partial charge in [0.2, 0.25) is 0 Å². The van der Waals surface area contributed by atoms with Crippen molar-refractivity contribution in [1.82, 2.24) is 5.32 Å². The fourth-order valence-electron chi connectivity index (χ4n) is 3.37. The maximum Gasteiger partial charge on any atom is 0.155 e. The number of benzene rings is 1. The normalized spacial score (nSPS) is 26.2. The standard InChI is InChI=1S/C16H25NP/c1-13(17-2)15-11-8-12-16(15)18(3,4)14-9-6-5-7-10-14/h3,5-7,9-10,13,15-17H,8,11-12H2,1-2,4H3/q+1/t13-,15?,16+,18?/m1/s1. The van der Waals surface area contributed by atoms with E-state index in [1.165, 1.54) is 24.6 Å². The fraction of sp³-hybridized carbons (Fsp3) is 0.562. The van der Waals surface area contributed by atoms with Crippen LogP contribution in [0, 0.1) is 12.6 Å². The van der Waals surface area contributed by atoms with Gasteiger partial charge in [0.1, 0.15) is 0 Å². The lowest BCUT2D eigenvalue weighted by Crippen LogP contribution is -2.37. The molecule has 1 aromatic carbocycles. The van der Waals surface area contributed by atoms with Crippen LogP contribution in [0.4, 0.5) is 0 Å². The number of rotatable bonds is 4. The lowest BCUT2D eigenvalue weighted by Gasteiger charge is -2.32. The summed E-state index contributed by atoms with van der Waals surface area (Å²) in [5, 5.41) is 4.80. The quantitative estimate of drug-likeness (QED) is 0.820. The molecule has 0 bridgehead atoms. The van der Waals surface area contributed by atoms with Crippen LogP contribution in [-0.4, -0.2) is 25.4 Å². The summed E-state index contributed by atoms with van der Waals surface area (Å²) in [4.78, 5) is 0. The van der Waals surface area contributed by atoms with Gasteiger partial charge in [-0.25, -0.2) is 0 Å². The van der Waals surface area contributed by atoms with E-state index in [1.807, 2.05) is 0 Å². The highest BCUT2D eigenvalue weighted by Crippen LogP contribution is 2.63. The first-order valence-electron chi connectivity index (χ1n) is 6.95. The Kier molecular flexibility index (Phi) is 4.45. The SMILES string of the molecule is [CH][P+](C)(c1ccccc1)[C@H]1CCCC1[C@@H](C)NC. The summed E-state index contributed by atoms with van der Waals surface area (Å²) >= 11 is 0. The molecule has 1 N–H and O–H groups in total. The van der Waals surface area contributed by atoms with E-state index in [2.05, 4.69) is 56.3 Å². The first-order chi connectivity index (χ1) is 8.57. The summed E-state index contributed by atoms with van der Waals surface area (Å²) in [5.74, 6) is 0.735. The molecule has 98 valence electrons. The predicted octanol–water partition coefficient (Wildman–Crippen LogP) is 3.40. The Bertz CT molecular complexity index is 374. The van der Waals surface area contributed by atoms with Gasteiger partial charge in [-0.15, -0.1) is 0 Å². The van der Waals surface area contributed by atoms with Crippen molar-refractivity contribution < 1.29 is 0 Å². The Balaban J connectivity index is 2.24. The van der Waals surface area contributed by atoms with Gasteiger partial charge in [0.25, 0.3) is 0 Å². The van der Waals surface area contributed by atoms with Crippen LogP contribution in [-0.2, 0) is 0 Å². The molecule has 1 aromatic rings. The largest absolute Gasteiger partial charge is 0.317 e. The minimum atomic E-state index is -1.51. The van der Waals surface area contributed by atoms with Gasteiger partial charge in [0, 0.05) is 12.0 Å². The van der Waals surface area contributed by atoms with Crippen LogP contribution in [0.3, 0.4) is 0 Å². The second kappa shape index (κ2) is 5.72. The third kappa shape index (κ3) is 2.63. The van der Waals surface area contributed by atoms with Crippen molar-refractivity contribution in [3.63, 3.8) is 0 Å². The Morgan fingerprint density at radius 2 is 1.94 bits per heavy atom. The lowest BCUT2D eigenvalue weighted by atomic mass is 10.00. The minimum absolute atomic E-state index is 0.573. The molecule has 0 heterocycles. The molecule has 0 spiro atoms. The zero-order chi connectivity index (χ0) is 13.2. The maximum absolute atomic E-state index is 6.81. The second-order valence-electron chi connectivity index (χ2n) is 5.72. The molecule has 0 saturated heterocycles. The van der Waals surface area contributed by atoms with Gasteiger partial charge >= 0.3 is 0 Å². The Hall–Kier alpha value is -0.390. The molecule has 1 nitrogen and oxygen atoms in total. The van der Waals surface area contributed by atoms with Crippen molar-refractivity contribution in [3.05, 3.63) is 37.0 Å². The molecule has 1 fully saturated rings. The van der Waals surface area contributed by atoms with Crippen molar-refractivity contribution in [1.29, 1.82) is 0 Å². The van der Waals surface area contributed by atoms with E-state index >= 15 is 0 Å². The maximum atomic E-state index is 6.81. The van der Waals surface area contributed by atoms with E-state index in [9.17, 15) is 0 Å². The lowest BCUT2D eigenvalue weighted by molar-refractivity contribution is 0.409. The average Bonchev–Trinajstić information content (AvgIpc) is 2.89. The van der Waals surface area contributed by atoms with E-state index in [4.69, 9.17) is 6.66 Å². The van der Waals surface area contributed by atoms with Crippen molar-refractivity contribution >= 4 is 12.6 Å². The molecule has 0 amide bonds. The second-order valence-corrected chi connectivity index (χ2v) is 9.20. The summed E-state index contributed by atoms with van der Waals surface area (Å²) in [5.41, 5.74) is 0.683. The zero-order valence-electron chi connectivity index (χ0n) is 11.8. The van der Waals surface area contributed by atoms with Crippen molar-refractivity contribution in [3.8, 4) is 0 Å². The average molecular weight is 262 g/mol. The van der Waals surface area contributed by atoms with Crippen LogP contribution < -0.4 is 10.6 Å². The van der Waals surface area contributed by atoms with E-state index in [-0.39, 0.29) is 0 Å². The molecule has 2 unspecified atom stereocenters. The molecule has 1 aliphatic rings. The minimum Gasteiger partial charge on any atom is -0.317 e. The zero-order valence-corrected chi connectivity index (χ0v) is 12.7. The topological polar surface area (TPSA) is 12.0 Å². The third-order valence-corrected chi connectivity index (χ3v) is 8.06. The van der Waals surface area contributed by atoms with Crippen LogP contribution in [0.15, 0.2) is 30.3 Å². The monoisotopic (exact) mass is 262 g/mol. The first-order valence-corrected chi connectivity index (χ1v) is 9.32. The first kappa shape index (κ1) is 14.0. The van der Waals surface area contributed by atoms with Crippen LogP contribution in [0.25, 0.3) is 0 Å². The van der Waals surface area contributed by atoms with Crippen molar-refractivity contribution in [2.75, 3.05) is 13.7 Å². The number of hydrogen-bond acceptors (Lipinski definition) is 1. The summed E-state index contributed by atoms with van der Waals surface area (Å²) in [6.45, 7) is 11.4. The van der Waals surface area contributed by atoms with Crippen LogP contribution >= 0.6 is 7.26 Å². The highest BCUT2D eigenvalue weighted by molar-refractivity contribution is 7.84. The molecule has 0 aliphatic heterocycles. The molecule has 2 heteroatoms. The van der Waals surface area contributed by atoms with Crippen LogP contribution in [0.2, 0.25) is 0 Å². The highest BCUT2D eigenvalue weighted by Gasteiger charge is 2.48. The number of nitrogens with one attached hydrogen (secondary N) is 1. The summed E-state index contributed by atoms with van der Waals surface area (Å²) in [6.07, 6.45) is 3.96. The van der Waals surface area contributed by atoms with E-state index in [0.717, 1.165) is 5.92 Å². The van der Waals surface area contributed by atoms with Gasteiger partial charge in [-0.2, -0.15) is 0 Å². The molecular formula is C16H25NP+. The highest BCUT2D eigenvalue weighted by atomic mass is 31.2.